The summed E-state index contributed by atoms with van der Waals surface area (Å²) < 4.78 is 0. The van der Waals surface area contributed by atoms with Crippen molar-refractivity contribution in [2.45, 2.75) is 33.1 Å². The van der Waals surface area contributed by atoms with Gasteiger partial charge in [0, 0.05) is 19.7 Å². The third-order valence-corrected chi connectivity index (χ3v) is 3.04. The molecule has 0 aliphatic carbocycles. The van der Waals surface area contributed by atoms with Crippen LogP contribution in [0.15, 0.2) is 12.1 Å². The van der Waals surface area contributed by atoms with Crippen LogP contribution in [0.1, 0.15) is 43.6 Å². The van der Waals surface area contributed by atoms with Gasteiger partial charge in [0.25, 0.3) is 5.91 Å². The van der Waals surface area contributed by atoms with Gasteiger partial charge < -0.3 is 15.7 Å². The van der Waals surface area contributed by atoms with Crippen molar-refractivity contribution in [1.82, 2.24) is 15.5 Å². The van der Waals surface area contributed by atoms with Crippen molar-refractivity contribution in [2.24, 2.45) is 5.92 Å². The number of carbonyl (C=O) groups is 1. The number of aliphatic hydroxyl groups excluding tert-OH is 1. The van der Waals surface area contributed by atoms with Gasteiger partial charge in [-0.1, -0.05) is 13.3 Å². The van der Waals surface area contributed by atoms with Crippen LogP contribution >= 0.6 is 0 Å². The topological polar surface area (TPSA) is 87.1 Å². The average molecular weight is 280 g/mol. The predicted molar refractivity (Wildman–Crippen MR) is 78.6 cm³/mol. The number of hydrogen-bond donors (Lipinski definition) is 3. The molecule has 0 saturated heterocycles. The van der Waals surface area contributed by atoms with Crippen molar-refractivity contribution in [3.63, 3.8) is 0 Å². The molecule has 0 aliphatic rings. The molecule has 0 saturated carbocycles. The maximum Gasteiger partial charge on any atom is 0.271 e. The molecule has 6 heteroatoms. The van der Waals surface area contributed by atoms with Gasteiger partial charge in [-0.15, -0.1) is 10.2 Å². The summed E-state index contributed by atoms with van der Waals surface area (Å²) in [5.41, 5.74) is 0.317. The Balaban J connectivity index is 2.50. The first-order chi connectivity index (χ1) is 9.71. The smallest absolute Gasteiger partial charge is 0.271 e. The van der Waals surface area contributed by atoms with Crippen molar-refractivity contribution < 1.29 is 9.90 Å². The Labute approximate surface area is 120 Å². The maximum atomic E-state index is 11.5. The zero-order chi connectivity index (χ0) is 14.8. The van der Waals surface area contributed by atoms with Crippen LogP contribution < -0.4 is 10.6 Å². The second-order valence-electron chi connectivity index (χ2n) is 4.71. The molecule has 0 radical (unpaired) electrons. The first kappa shape index (κ1) is 16.4. The highest BCUT2D eigenvalue weighted by molar-refractivity contribution is 5.92. The quantitative estimate of drug-likeness (QED) is 0.637. The lowest BCUT2D eigenvalue weighted by atomic mass is 10.0. The second-order valence-corrected chi connectivity index (χ2v) is 4.71. The largest absolute Gasteiger partial charge is 0.396 e. The Bertz CT molecular complexity index is 389. The average Bonchev–Trinajstić information content (AvgIpc) is 2.46. The number of nitrogens with zero attached hydrogens (tertiary/aromatic N) is 2. The Morgan fingerprint density at radius 1 is 1.30 bits per heavy atom. The van der Waals surface area contributed by atoms with E-state index < -0.39 is 0 Å². The first-order valence-corrected chi connectivity index (χ1v) is 7.17. The molecule has 1 aromatic rings. The molecule has 1 aromatic heterocycles. The monoisotopic (exact) mass is 280 g/mol. The third kappa shape index (κ3) is 5.52. The number of nitrogens with one attached hydrogen (secondary N) is 2. The van der Waals surface area contributed by atoms with Crippen LogP contribution in [-0.4, -0.2) is 40.9 Å². The maximum absolute atomic E-state index is 11.5. The van der Waals surface area contributed by atoms with Crippen molar-refractivity contribution in [3.8, 4) is 0 Å². The number of aromatic nitrogens is 2. The van der Waals surface area contributed by atoms with Gasteiger partial charge in [0.1, 0.15) is 5.82 Å². The molecule has 1 amide bonds. The van der Waals surface area contributed by atoms with E-state index in [-0.39, 0.29) is 12.5 Å². The highest BCUT2D eigenvalue weighted by atomic mass is 16.3. The lowest BCUT2D eigenvalue weighted by molar-refractivity contribution is 0.0950. The minimum Gasteiger partial charge on any atom is -0.396 e. The van der Waals surface area contributed by atoms with Gasteiger partial charge in [-0.25, -0.2) is 0 Å². The Morgan fingerprint density at radius 3 is 2.65 bits per heavy atom. The van der Waals surface area contributed by atoms with Crippen molar-refractivity contribution in [1.29, 1.82) is 0 Å². The molecule has 0 bridgehead atoms. The number of aliphatic hydroxyl groups is 1. The van der Waals surface area contributed by atoms with Gasteiger partial charge in [0.05, 0.1) is 0 Å². The third-order valence-electron chi connectivity index (χ3n) is 3.04. The van der Waals surface area contributed by atoms with E-state index in [1.54, 1.807) is 12.1 Å². The van der Waals surface area contributed by atoms with Crippen molar-refractivity contribution in [2.75, 3.05) is 25.0 Å². The molecule has 1 unspecified atom stereocenters. The highest BCUT2D eigenvalue weighted by Crippen LogP contribution is 2.12. The molecule has 112 valence electrons. The predicted octanol–water partition coefficient (Wildman–Crippen LogP) is 1.44. The van der Waals surface area contributed by atoms with Gasteiger partial charge >= 0.3 is 0 Å². The molecular weight excluding hydrogens is 256 g/mol. The van der Waals surface area contributed by atoms with Gasteiger partial charge in [0.2, 0.25) is 0 Å². The molecule has 20 heavy (non-hydrogen) atoms. The fourth-order valence-electron chi connectivity index (χ4n) is 1.99. The van der Waals surface area contributed by atoms with Crippen LogP contribution in [0.4, 0.5) is 5.82 Å². The van der Waals surface area contributed by atoms with E-state index in [1.165, 1.54) is 0 Å². The number of amides is 1. The van der Waals surface area contributed by atoms with E-state index >= 15 is 0 Å². The molecule has 0 aliphatic heterocycles. The van der Waals surface area contributed by atoms with E-state index in [0.29, 0.717) is 24.0 Å². The molecule has 0 aromatic carbocycles. The summed E-state index contributed by atoms with van der Waals surface area (Å²) in [6.07, 6.45) is 2.94. The lowest BCUT2D eigenvalue weighted by Gasteiger charge is -2.15. The number of hydrogen-bond acceptors (Lipinski definition) is 5. The molecule has 1 rings (SSSR count). The Kier molecular flexibility index (Phi) is 7.57. The van der Waals surface area contributed by atoms with E-state index in [1.807, 2.05) is 6.92 Å². The molecule has 0 fully saturated rings. The van der Waals surface area contributed by atoms with Crippen LogP contribution in [0.5, 0.6) is 0 Å². The standard InChI is InChI=1S/C14H24N4O2/c1-3-5-11(8-9-19)10-16-13-7-6-12(17-18-13)14(20)15-4-2/h6-7,11,19H,3-5,8-10H2,1-2H3,(H,15,20)(H,16,18). The van der Waals surface area contributed by atoms with E-state index in [2.05, 4.69) is 27.8 Å². The minimum absolute atomic E-state index is 0.203. The van der Waals surface area contributed by atoms with Crippen molar-refractivity contribution in [3.05, 3.63) is 17.8 Å². The summed E-state index contributed by atoms with van der Waals surface area (Å²) in [7, 11) is 0. The molecule has 6 nitrogen and oxygen atoms in total. The van der Waals surface area contributed by atoms with Gasteiger partial charge in [-0.3, -0.25) is 4.79 Å². The number of carbonyl (C=O) groups excluding carboxylic acids is 1. The fourth-order valence-corrected chi connectivity index (χ4v) is 1.99. The van der Waals surface area contributed by atoms with E-state index in [0.717, 1.165) is 25.8 Å². The summed E-state index contributed by atoms with van der Waals surface area (Å²) in [6, 6.07) is 3.40. The Morgan fingerprint density at radius 2 is 2.10 bits per heavy atom. The summed E-state index contributed by atoms with van der Waals surface area (Å²) in [5.74, 6) is 0.864. The molecule has 1 heterocycles. The molecule has 3 N–H and O–H groups in total. The molecule has 0 spiro atoms. The number of anilines is 1. The molecule has 1 atom stereocenters. The zero-order valence-corrected chi connectivity index (χ0v) is 12.2. The van der Waals surface area contributed by atoms with Crippen LogP contribution in [0.3, 0.4) is 0 Å². The molecular formula is C14H24N4O2. The number of rotatable bonds is 9. The SMILES string of the molecule is CCCC(CCO)CNc1ccc(C(=O)NCC)nn1. The van der Waals surface area contributed by atoms with Crippen LogP contribution in [0, 0.1) is 5.92 Å². The van der Waals surface area contributed by atoms with E-state index in [9.17, 15) is 4.79 Å². The van der Waals surface area contributed by atoms with Gasteiger partial charge in [-0.05, 0) is 37.8 Å². The van der Waals surface area contributed by atoms with Crippen LogP contribution in [0.2, 0.25) is 0 Å². The van der Waals surface area contributed by atoms with Gasteiger partial charge in [-0.2, -0.15) is 0 Å². The summed E-state index contributed by atoms with van der Waals surface area (Å²) in [6.45, 7) is 5.51. The minimum atomic E-state index is -0.212. The first-order valence-electron chi connectivity index (χ1n) is 7.17. The van der Waals surface area contributed by atoms with Gasteiger partial charge in [0.15, 0.2) is 5.69 Å². The fraction of sp³-hybridized carbons (Fsp3) is 0.643. The van der Waals surface area contributed by atoms with Crippen LogP contribution in [0.25, 0.3) is 0 Å². The second kappa shape index (κ2) is 9.25. The normalized spacial score (nSPS) is 11.9. The zero-order valence-electron chi connectivity index (χ0n) is 12.2. The van der Waals surface area contributed by atoms with E-state index in [4.69, 9.17) is 5.11 Å². The summed E-state index contributed by atoms with van der Waals surface area (Å²) >= 11 is 0. The Hall–Kier alpha value is -1.69. The van der Waals surface area contributed by atoms with Crippen LogP contribution in [-0.2, 0) is 0 Å². The van der Waals surface area contributed by atoms with Crippen molar-refractivity contribution >= 4 is 11.7 Å². The summed E-state index contributed by atoms with van der Waals surface area (Å²) in [4.78, 5) is 11.5. The summed E-state index contributed by atoms with van der Waals surface area (Å²) in [5, 5.41) is 22.8. The lowest BCUT2D eigenvalue weighted by Crippen LogP contribution is -2.24. The highest BCUT2D eigenvalue weighted by Gasteiger charge is 2.09.